The van der Waals surface area contributed by atoms with Crippen molar-refractivity contribution in [1.29, 1.82) is 0 Å². The zero-order valence-corrected chi connectivity index (χ0v) is 16.7. The van der Waals surface area contributed by atoms with Crippen molar-refractivity contribution < 1.29 is 23.5 Å². The largest absolute Gasteiger partial charge is 0.453 e. The van der Waals surface area contributed by atoms with Crippen LogP contribution in [0.25, 0.3) is 11.2 Å². The number of benzene rings is 1. The molecule has 0 amide bonds. The van der Waals surface area contributed by atoms with Crippen molar-refractivity contribution in [3.05, 3.63) is 29.3 Å². The maximum absolute atomic E-state index is 12.7. The quantitative estimate of drug-likeness (QED) is 0.397. The number of carbonyl (C=O) groups excluding carboxylic acids is 2. The Morgan fingerprint density at radius 1 is 1.23 bits per heavy atom. The third kappa shape index (κ3) is 3.35. The Kier molecular flexibility index (Phi) is 5.49. The second kappa shape index (κ2) is 7.14. The summed E-state index contributed by atoms with van der Waals surface area (Å²) in [6.07, 6.45) is 4.46. The zero-order valence-electron chi connectivity index (χ0n) is 16.7. The number of rotatable bonds is 7. The van der Waals surface area contributed by atoms with Crippen LogP contribution in [0.5, 0.6) is 5.75 Å². The highest BCUT2D eigenvalue weighted by Crippen LogP contribution is 2.44. The molecular formula is C21H28O5. The normalized spacial score (nSPS) is 14.7. The summed E-state index contributed by atoms with van der Waals surface area (Å²) in [5.74, 6) is -0.663. The predicted molar refractivity (Wildman–Crippen MR) is 100 cm³/mol. The summed E-state index contributed by atoms with van der Waals surface area (Å²) in [5, 5.41) is 0. The van der Waals surface area contributed by atoms with Crippen molar-refractivity contribution in [2.75, 3.05) is 6.61 Å². The molecule has 5 heteroatoms. The number of aryl methyl sites for hydroxylation is 2. The molecule has 0 N–H and O–H groups in total. The van der Waals surface area contributed by atoms with E-state index in [4.69, 9.17) is 13.9 Å². The zero-order chi connectivity index (χ0) is 19.7. The third-order valence-electron chi connectivity index (χ3n) is 5.57. The van der Waals surface area contributed by atoms with E-state index in [1.807, 2.05) is 66.7 Å². The van der Waals surface area contributed by atoms with Crippen LogP contribution in [0.2, 0.25) is 0 Å². The van der Waals surface area contributed by atoms with Crippen molar-refractivity contribution in [3.8, 4) is 5.75 Å². The molecule has 0 aromatic carbocycles. The molecule has 2 aromatic heterocycles. The molecule has 0 fully saturated rings. The minimum Gasteiger partial charge on any atom is -0.453 e. The molecular weight excluding hydrogens is 332 g/mol. The number of hydrogen-bond acceptors (Lipinski definition) is 5. The van der Waals surface area contributed by atoms with Gasteiger partial charge in [0.1, 0.15) is 5.58 Å². The van der Waals surface area contributed by atoms with Gasteiger partial charge in [0, 0.05) is 5.56 Å². The van der Waals surface area contributed by atoms with Crippen LogP contribution in [0, 0.1) is 24.7 Å². The fourth-order valence-corrected chi connectivity index (χ4v) is 3.07. The number of allylic oxidation sites excluding steroid dienone is 1. The van der Waals surface area contributed by atoms with E-state index in [0.29, 0.717) is 11.3 Å². The second-order valence-electron chi connectivity index (χ2n) is 7.57. The monoisotopic (exact) mass is 360 g/mol. The van der Waals surface area contributed by atoms with Crippen LogP contribution in [0.4, 0.5) is 0 Å². The van der Waals surface area contributed by atoms with Gasteiger partial charge in [0.2, 0.25) is 0 Å². The molecule has 0 aliphatic carbocycles. The molecule has 0 aliphatic rings. The van der Waals surface area contributed by atoms with Gasteiger partial charge in [-0.2, -0.15) is 0 Å². The first-order valence-electron chi connectivity index (χ1n) is 8.91. The van der Waals surface area contributed by atoms with E-state index < -0.39 is 24.0 Å². The SMILES string of the molecule is CC=CC(C)(C(=O)OCC(=O)Oc1c(C)c2oc1cc2C)C(C)(C)CC. The second-order valence-corrected chi connectivity index (χ2v) is 7.57. The summed E-state index contributed by atoms with van der Waals surface area (Å²) in [6, 6.07) is 1.82. The van der Waals surface area contributed by atoms with Crippen LogP contribution in [0.15, 0.2) is 22.6 Å². The van der Waals surface area contributed by atoms with Gasteiger partial charge in [-0.05, 0) is 51.2 Å². The number of carbonyl (C=O) groups is 2. The summed E-state index contributed by atoms with van der Waals surface area (Å²) in [4.78, 5) is 24.9. The van der Waals surface area contributed by atoms with Crippen LogP contribution in [-0.4, -0.2) is 18.5 Å². The Bertz CT molecular complexity index is 827. The molecule has 142 valence electrons. The van der Waals surface area contributed by atoms with E-state index in [1.54, 1.807) is 0 Å². The maximum atomic E-state index is 12.7. The van der Waals surface area contributed by atoms with E-state index in [-0.39, 0.29) is 5.41 Å². The standard InChI is InChI=1S/C21H28O5/c1-8-10-21(7,20(5,6)9-2)19(23)24-12-16(22)26-18-14(4)17-13(3)11-15(18)25-17/h8,10-11H,9,12H2,1-7H3. The first-order chi connectivity index (χ1) is 12.1. The molecule has 1 atom stereocenters. The average Bonchev–Trinajstić information content (AvgIpc) is 3.10. The highest BCUT2D eigenvalue weighted by molar-refractivity contribution is 5.86. The minimum atomic E-state index is -0.827. The average molecular weight is 360 g/mol. The fraction of sp³-hybridized carbons (Fsp3) is 0.524. The van der Waals surface area contributed by atoms with Crippen LogP contribution in [-0.2, 0) is 14.3 Å². The molecule has 5 nitrogen and oxygen atoms in total. The topological polar surface area (TPSA) is 65.7 Å². The first kappa shape index (κ1) is 20.0. The molecule has 0 radical (unpaired) electrons. The van der Waals surface area contributed by atoms with E-state index in [2.05, 4.69) is 0 Å². The van der Waals surface area contributed by atoms with E-state index in [0.717, 1.165) is 23.1 Å². The summed E-state index contributed by atoms with van der Waals surface area (Å²) in [6.45, 7) is 13.1. The Morgan fingerprint density at radius 2 is 1.88 bits per heavy atom. The Morgan fingerprint density at radius 3 is 2.38 bits per heavy atom. The van der Waals surface area contributed by atoms with Crippen LogP contribution < -0.4 is 4.74 Å². The van der Waals surface area contributed by atoms with Crippen LogP contribution in [0.1, 0.15) is 52.2 Å². The number of furan rings is 2. The van der Waals surface area contributed by atoms with Crippen molar-refractivity contribution in [1.82, 2.24) is 0 Å². The smallest absolute Gasteiger partial charge is 0.349 e. The van der Waals surface area contributed by atoms with Gasteiger partial charge < -0.3 is 13.9 Å². The van der Waals surface area contributed by atoms with Gasteiger partial charge >= 0.3 is 11.9 Å². The molecule has 0 spiro atoms. The van der Waals surface area contributed by atoms with Crippen molar-refractivity contribution in [2.45, 2.75) is 54.9 Å². The van der Waals surface area contributed by atoms with Crippen molar-refractivity contribution >= 4 is 23.1 Å². The van der Waals surface area contributed by atoms with Gasteiger partial charge in [0.05, 0.1) is 5.41 Å². The molecule has 2 rings (SSSR count). The van der Waals surface area contributed by atoms with E-state index in [9.17, 15) is 9.59 Å². The van der Waals surface area contributed by atoms with Crippen LogP contribution >= 0.6 is 0 Å². The van der Waals surface area contributed by atoms with E-state index in [1.165, 1.54) is 0 Å². The molecule has 0 aliphatic heterocycles. The summed E-state index contributed by atoms with van der Waals surface area (Å²) >= 11 is 0. The Labute approximate surface area is 154 Å². The molecule has 26 heavy (non-hydrogen) atoms. The first-order valence-corrected chi connectivity index (χ1v) is 8.91. The molecule has 2 aromatic rings. The number of esters is 2. The molecule has 1 unspecified atom stereocenters. The lowest BCUT2D eigenvalue weighted by atomic mass is 9.65. The Hall–Kier alpha value is -2.30. The lowest BCUT2D eigenvalue weighted by molar-refractivity contribution is -0.164. The van der Waals surface area contributed by atoms with Crippen molar-refractivity contribution in [2.24, 2.45) is 10.8 Å². The number of ether oxygens (including phenoxy) is 2. The molecule has 2 bridgehead atoms. The van der Waals surface area contributed by atoms with Crippen LogP contribution in [0.3, 0.4) is 0 Å². The molecule has 0 saturated heterocycles. The van der Waals surface area contributed by atoms with Gasteiger partial charge in [-0.3, -0.25) is 4.79 Å². The molecule has 2 heterocycles. The summed E-state index contributed by atoms with van der Waals surface area (Å²) < 4.78 is 16.2. The van der Waals surface area contributed by atoms with E-state index >= 15 is 0 Å². The van der Waals surface area contributed by atoms with Gasteiger partial charge in [0.25, 0.3) is 0 Å². The lowest BCUT2D eigenvalue weighted by Crippen LogP contribution is -2.42. The third-order valence-corrected chi connectivity index (χ3v) is 5.57. The highest BCUT2D eigenvalue weighted by atomic mass is 16.6. The van der Waals surface area contributed by atoms with Gasteiger partial charge in [-0.15, -0.1) is 0 Å². The van der Waals surface area contributed by atoms with Gasteiger partial charge in [-0.25, -0.2) is 4.79 Å². The minimum absolute atomic E-state index is 0.313. The molecule has 0 saturated carbocycles. The fourth-order valence-electron chi connectivity index (χ4n) is 3.07. The lowest BCUT2D eigenvalue weighted by Gasteiger charge is -2.39. The van der Waals surface area contributed by atoms with Gasteiger partial charge in [-0.1, -0.05) is 32.9 Å². The summed E-state index contributed by atoms with van der Waals surface area (Å²) in [7, 11) is 0. The number of fused-ring (bicyclic) bond motifs is 2. The summed E-state index contributed by atoms with van der Waals surface area (Å²) in [5.41, 5.74) is 1.91. The highest BCUT2D eigenvalue weighted by Gasteiger charge is 2.45. The maximum Gasteiger partial charge on any atom is 0.349 e. The van der Waals surface area contributed by atoms with Crippen molar-refractivity contribution in [3.63, 3.8) is 0 Å². The van der Waals surface area contributed by atoms with Gasteiger partial charge in [0.15, 0.2) is 17.9 Å². The predicted octanol–water partition coefficient (Wildman–Crippen LogP) is 4.95. The number of hydrogen-bond donors (Lipinski definition) is 0. The Balaban J connectivity index is 2.05.